The molecule has 1 aliphatic heterocycles. The van der Waals surface area contributed by atoms with E-state index >= 15 is 0 Å². The van der Waals surface area contributed by atoms with Crippen LogP contribution in [0.5, 0.6) is 0 Å². The van der Waals surface area contributed by atoms with Crippen molar-refractivity contribution in [3.05, 3.63) is 71.0 Å². The number of amides is 2. The Labute approximate surface area is 164 Å². The van der Waals surface area contributed by atoms with Crippen LogP contribution in [0.1, 0.15) is 21.5 Å². The highest BCUT2D eigenvalue weighted by Crippen LogP contribution is 2.31. The SMILES string of the molecule is O=C(C#Cc1ccccc1C(F)(F)F)N1CCN(C(=O)c2ccc(F)cc2)CC1. The molecular weight excluding hydrogens is 388 g/mol. The van der Waals surface area contributed by atoms with Crippen molar-refractivity contribution in [2.24, 2.45) is 0 Å². The zero-order valence-electron chi connectivity index (χ0n) is 15.2. The first kappa shape index (κ1) is 20.4. The number of carbonyl (C=O) groups excluding carboxylic acids is 2. The van der Waals surface area contributed by atoms with Crippen LogP contribution < -0.4 is 0 Å². The summed E-state index contributed by atoms with van der Waals surface area (Å²) in [7, 11) is 0. The van der Waals surface area contributed by atoms with Gasteiger partial charge in [-0.1, -0.05) is 18.1 Å². The summed E-state index contributed by atoms with van der Waals surface area (Å²) in [5, 5.41) is 0. The van der Waals surface area contributed by atoms with Crippen molar-refractivity contribution in [1.82, 2.24) is 9.80 Å². The molecule has 0 saturated carbocycles. The molecule has 0 radical (unpaired) electrons. The number of halogens is 4. The lowest BCUT2D eigenvalue weighted by molar-refractivity contribution is -0.137. The predicted molar refractivity (Wildman–Crippen MR) is 97.2 cm³/mol. The van der Waals surface area contributed by atoms with E-state index in [0.717, 1.165) is 6.07 Å². The molecule has 3 rings (SSSR count). The maximum atomic E-state index is 13.0. The third kappa shape index (κ3) is 4.93. The number of piperazine rings is 1. The number of alkyl halides is 3. The van der Waals surface area contributed by atoms with Crippen LogP contribution in [-0.4, -0.2) is 47.8 Å². The molecule has 1 aliphatic rings. The highest BCUT2D eigenvalue weighted by Gasteiger charge is 2.32. The largest absolute Gasteiger partial charge is 0.417 e. The standard InChI is InChI=1S/C21H16F4N2O2/c22-17-8-5-16(6-9-17)20(29)27-13-11-26(12-14-27)19(28)10-7-15-3-1-2-4-18(15)21(23,24)25/h1-6,8-9H,11-14H2. The summed E-state index contributed by atoms with van der Waals surface area (Å²) in [5.41, 5.74) is -0.816. The van der Waals surface area contributed by atoms with Crippen molar-refractivity contribution in [2.75, 3.05) is 26.2 Å². The van der Waals surface area contributed by atoms with E-state index in [1.54, 1.807) is 0 Å². The molecule has 4 nitrogen and oxygen atoms in total. The number of hydrogen-bond donors (Lipinski definition) is 0. The Hall–Kier alpha value is -3.34. The van der Waals surface area contributed by atoms with E-state index in [0.29, 0.717) is 5.56 Å². The fraction of sp³-hybridized carbons (Fsp3) is 0.238. The predicted octanol–water partition coefficient (Wildman–Crippen LogP) is 3.18. The van der Waals surface area contributed by atoms with Crippen LogP contribution in [0.25, 0.3) is 0 Å². The fourth-order valence-electron chi connectivity index (χ4n) is 2.93. The monoisotopic (exact) mass is 404 g/mol. The fourth-order valence-corrected chi connectivity index (χ4v) is 2.93. The molecule has 0 atom stereocenters. The first-order chi connectivity index (χ1) is 13.8. The molecule has 150 valence electrons. The van der Waals surface area contributed by atoms with Crippen LogP contribution in [0.2, 0.25) is 0 Å². The molecular formula is C21H16F4N2O2. The molecule has 0 spiro atoms. The van der Waals surface area contributed by atoms with Crippen molar-refractivity contribution in [2.45, 2.75) is 6.18 Å². The lowest BCUT2D eigenvalue weighted by Gasteiger charge is -2.33. The number of hydrogen-bond acceptors (Lipinski definition) is 2. The Morgan fingerprint density at radius 3 is 2.07 bits per heavy atom. The number of nitrogens with zero attached hydrogens (tertiary/aromatic N) is 2. The van der Waals surface area contributed by atoms with Crippen LogP contribution in [0.4, 0.5) is 17.6 Å². The molecule has 0 aromatic heterocycles. The minimum absolute atomic E-state index is 0.210. The van der Waals surface area contributed by atoms with Crippen molar-refractivity contribution in [3.8, 4) is 11.8 Å². The second-order valence-corrected chi connectivity index (χ2v) is 6.38. The van der Waals surface area contributed by atoms with Gasteiger partial charge in [0.1, 0.15) is 5.82 Å². The molecule has 0 unspecified atom stereocenters. The van der Waals surface area contributed by atoms with Crippen molar-refractivity contribution in [1.29, 1.82) is 0 Å². The minimum Gasteiger partial charge on any atom is -0.335 e. The van der Waals surface area contributed by atoms with Crippen LogP contribution in [-0.2, 0) is 11.0 Å². The molecule has 2 amide bonds. The number of benzene rings is 2. The molecule has 29 heavy (non-hydrogen) atoms. The second kappa shape index (κ2) is 8.35. The van der Waals surface area contributed by atoms with Crippen molar-refractivity contribution in [3.63, 3.8) is 0 Å². The number of carbonyl (C=O) groups is 2. The van der Waals surface area contributed by atoms with E-state index in [4.69, 9.17) is 0 Å². The summed E-state index contributed by atoms with van der Waals surface area (Å²) in [6, 6.07) is 9.97. The first-order valence-corrected chi connectivity index (χ1v) is 8.78. The third-order valence-electron chi connectivity index (χ3n) is 4.48. The zero-order chi connectivity index (χ0) is 21.0. The Kier molecular flexibility index (Phi) is 5.87. The summed E-state index contributed by atoms with van der Waals surface area (Å²) >= 11 is 0. The number of rotatable bonds is 1. The van der Waals surface area contributed by atoms with E-state index < -0.39 is 23.5 Å². The van der Waals surface area contributed by atoms with E-state index in [9.17, 15) is 27.2 Å². The Balaban J connectivity index is 1.63. The molecule has 1 saturated heterocycles. The molecule has 2 aromatic carbocycles. The quantitative estimate of drug-likeness (QED) is 0.541. The minimum atomic E-state index is -4.55. The van der Waals surface area contributed by atoms with Gasteiger partial charge >= 0.3 is 6.18 Å². The van der Waals surface area contributed by atoms with Gasteiger partial charge in [-0.2, -0.15) is 13.2 Å². The summed E-state index contributed by atoms with van der Waals surface area (Å²) in [5.74, 6) is 3.24. The van der Waals surface area contributed by atoms with Crippen molar-refractivity contribution < 1.29 is 27.2 Å². The van der Waals surface area contributed by atoms with Crippen LogP contribution in [0, 0.1) is 17.7 Å². The highest BCUT2D eigenvalue weighted by molar-refractivity contribution is 5.96. The molecule has 0 aliphatic carbocycles. The third-order valence-corrected chi connectivity index (χ3v) is 4.48. The maximum Gasteiger partial charge on any atom is 0.417 e. The van der Waals surface area contributed by atoms with Gasteiger partial charge in [0.2, 0.25) is 0 Å². The maximum absolute atomic E-state index is 13.0. The van der Waals surface area contributed by atoms with Crippen molar-refractivity contribution >= 4 is 11.8 Å². The average Bonchev–Trinajstić information content (AvgIpc) is 2.71. The summed E-state index contributed by atoms with van der Waals surface area (Å²) in [6.07, 6.45) is -4.55. The zero-order valence-corrected chi connectivity index (χ0v) is 15.2. The van der Waals surface area contributed by atoms with E-state index in [1.807, 2.05) is 0 Å². The van der Waals surface area contributed by atoms with Gasteiger partial charge < -0.3 is 9.80 Å². The average molecular weight is 404 g/mol. The summed E-state index contributed by atoms with van der Waals surface area (Å²) < 4.78 is 51.9. The highest BCUT2D eigenvalue weighted by atomic mass is 19.4. The Morgan fingerprint density at radius 1 is 0.862 bits per heavy atom. The molecule has 2 aromatic rings. The molecule has 1 heterocycles. The van der Waals surface area contributed by atoms with Gasteiger partial charge in [0.15, 0.2) is 0 Å². The lowest BCUT2D eigenvalue weighted by Crippen LogP contribution is -2.50. The Morgan fingerprint density at radius 2 is 1.45 bits per heavy atom. The van der Waals surface area contributed by atoms with Gasteiger partial charge in [-0.3, -0.25) is 9.59 Å². The molecule has 0 bridgehead atoms. The molecule has 1 fully saturated rings. The Bertz CT molecular complexity index is 967. The normalized spacial score (nSPS) is 14.2. The molecule has 8 heteroatoms. The van der Waals surface area contributed by atoms with E-state index in [2.05, 4.69) is 11.8 Å². The second-order valence-electron chi connectivity index (χ2n) is 6.38. The van der Waals surface area contributed by atoms with Gasteiger partial charge in [-0.15, -0.1) is 0 Å². The van der Waals surface area contributed by atoms with Crippen LogP contribution in [0.3, 0.4) is 0 Å². The van der Waals surface area contributed by atoms with E-state index in [-0.39, 0.29) is 37.6 Å². The van der Waals surface area contributed by atoms with E-state index in [1.165, 1.54) is 52.3 Å². The van der Waals surface area contributed by atoms with Gasteiger partial charge in [0.05, 0.1) is 5.56 Å². The smallest absolute Gasteiger partial charge is 0.335 e. The first-order valence-electron chi connectivity index (χ1n) is 8.78. The van der Waals surface area contributed by atoms with Crippen LogP contribution >= 0.6 is 0 Å². The lowest BCUT2D eigenvalue weighted by atomic mass is 10.1. The summed E-state index contributed by atoms with van der Waals surface area (Å²) in [6.45, 7) is 0.925. The van der Waals surface area contributed by atoms with Crippen LogP contribution in [0.15, 0.2) is 48.5 Å². The summed E-state index contributed by atoms with van der Waals surface area (Å²) in [4.78, 5) is 27.6. The molecule has 0 N–H and O–H groups in total. The topological polar surface area (TPSA) is 40.6 Å². The van der Waals surface area contributed by atoms with Gasteiger partial charge in [-0.25, -0.2) is 4.39 Å². The van der Waals surface area contributed by atoms with Gasteiger partial charge in [0, 0.05) is 43.2 Å². The van der Waals surface area contributed by atoms with Gasteiger partial charge in [-0.05, 0) is 36.4 Å². The van der Waals surface area contributed by atoms with Gasteiger partial charge in [0.25, 0.3) is 11.8 Å².